The van der Waals surface area contributed by atoms with E-state index >= 15 is 0 Å². The highest BCUT2D eigenvalue weighted by molar-refractivity contribution is 7.57. The van der Waals surface area contributed by atoms with Gasteiger partial charge in [0.2, 0.25) is 7.37 Å². The number of rotatable bonds is 17. The molecule has 3 N–H and O–H groups in total. The lowest BCUT2D eigenvalue weighted by molar-refractivity contribution is 0.106. The molecule has 0 spiro atoms. The zero-order valence-electron chi connectivity index (χ0n) is 29.4. The average Bonchev–Trinajstić information content (AvgIpc) is 3.04. The SMILES string of the molecule is CC(C)(C)[Si]1(C(C)(C)C)OCc2cc(OC[C@@H](O)CNCCc3ccc(COCCCP(=O)(O)COc4ccccc4)cc3)ccc2O1. The fourth-order valence-corrected chi connectivity index (χ4v) is 11.8. The van der Waals surface area contributed by atoms with Crippen molar-refractivity contribution in [1.82, 2.24) is 5.32 Å². The van der Waals surface area contributed by atoms with Crippen LogP contribution in [0, 0.1) is 0 Å². The third-order valence-electron chi connectivity index (χ3n) is 8.37. The molecule has 0 fully saturated rings. The first kappa shape index (κ1) is 38.1. The van der Waals surface area contributed by atoms with Crippen LogP contribution < -0.4 is 19.2 Å². The smallest absolute Gasteiger partial charge is 0.410 e. The highest BCUT2D eigenvalue weighted by Crippen LogP contribution is 2.54. The van der Waals surface area contributed by atoms with Crippen LogP contribution in [-0.4, -0.2) is 63.5 Å². The summed E-state index contributed by atoms with van der Waals surface area (Å²) in [6, 6.07) is 23.1. The van der Waals surface area contributed by atoms with Crippen LogP contribution in [-0.2, 0) is 33.4 Å². The second kappa shape index (κ2) is 16.8. The maximum Gasteiger partial charge on any atom is 0.410 e. The number of aliphatic hydroxyl groups excluding tert-OH is 1. The van der Waals surface area contributed by atoms with Crippen molar-refractivity contribution in [2.45, 2.75) is 83.8 Å². The molecule has 1 heterocycles. The summed E-state index contributed by atoms with van der Waals surface area (Å²) >= 11 is 0. The molecule has 11 heteroatoms. The molecule has 0 saturated heterocycles. The Bertz CT molecular complexity index is 1460. The highest BCUT2D eigenvalue weighted by Gasteiger charge is 2.61. The summed E-state index contributed by atoms with van der Waals surface area (Å²) in [6.07, 6.45) is 0.624. The predicted molar refractivity (Wildman–Crippen MR) is 192 cm³/mol. The van der Waals surface area contributed by atoms with Crippen molar-refractivity contribution in [2.75, 3.05) is 38.8 Å². The summed E-state index contributed by atoms with van der Waals surface area (Å²) in [7, 11) is -5.94. The number of hydrogen-bond donors (Lipinski definition) is 3. The first-order valence-electron chi connectivity index (χ1n) is 16.8. The van der Waals surface area contributed by atoms with E-state index in [0.29, 0.717) is 44.3 Å². The normalized spacial score (nSPS) is 16.3. The summed E-state index contributed by atoms with van der Waals surface area (Å²) in [6.45, 7) is 15.9. The van der Waals surface area contributed by atoms with Crippen LogP contribution in [0.4, 0.5) is 0 Å². The predicted octanol–water partition coefficient (Wildman–Crippen LogP) is 7.42. The Labute approximate surface area is 287 Å². The summed E-state index contributed by atoms with van der Waals surface area (Å²) in [5, 5.41) is 13.6. The lowest BCUT2D eigenvalue weighted by Crippen LogP contribution is -2.61. The Morgan fingerprint density at radius 2 is 1.60 bits per heavy atom. The van der Waals surface area contributed by atoms with Crippen molar-refractivity contribution in [3.05, 3.63) is 89.5 Å². The van der Waals surface area contributed by atoms with Gasteiger partial charge in [-0.15, -0.1) is 0 Å². The Hall–Kier alpha value is -2.69. The molecule has 1 unspecified atom stereocenters. The Morgan fingerprint density at radius 1 is 0.917 bits per heavy atom. The van der Waals surface area contributed by atoms with Gasteiger partial charge < -0.3 is 38.4 Å². The van der Waals surface area contributed by atoms with Gasteiger partial charge in [0.05, 0.1) is 13.2 Å². The number of ether oxygens (including phenoxy) is 3. The topological polar surface area (TPSA) is 116 Å². The number of fused-ring (bicyclic) bond motifs is 1. The van der Waals surface area contributed by atoms with Gasteiger partial charge in [0.25, 0.3) is 0 Å². The van der Waals surface area contributed by atoms with Crippen LogP contribution in [0.3, 0.4) is 0 Å². The van der Waals surface area contributed by atoms with Gasteiger partial charge in [-0.25, -0.2) is 0 Å². The van der Waals surface area contributed by atoms with Crippen molar-refractivity contribution < 1.29 is 37.6 Å². The molecule has 0 saturated carbocycles. The Morgan fingerprint density at radius 3 is 2.29 bits per heavy atom. The van der Waals surface area contributed by atoms with E-state index < -0.39 is 22.0 Å². The molecule has 264 valence electrons. The van der Waals surface area contributed by atoms with Crippen molar-refractivity contribution >= 4 is 15.9 Å². The molecular formula is C37H54NO8PSi. The number of aliphatic hydroxyl groups is 1. The highest BCUT2D eigenvalue weighted by atomic mass is 31.2. The van der Waals surface area contributed by atoms with E-state index in [1.807, 2.05) is 48.5 Å². The summed E-state index contributed by atoms with van der Waals surface area (Å²) in [5.74, 6) is 2.14. The molecule has 0 aromatic heterocycles. The zero-order valence-corrected chi connectivity index (χ0v) is 31.3. The standard InChI is InChI=1S/C37H54NO8PSi/c1-36(2,3)48(37(4,5)6)45-26-31-23-34(17-18-35(31)46-48)43-27-32(39)24-38-20-19-29-13-15-30(16-14-29)25-42-21-10-22-47(40,41)28-44-33-11-8-7-9-12-33/h7-9,11-18,23,32,38-39H,10,19-22,24-28H2,1-6H3,(H,40,41)/t32-/m0/s1. The van der Waals surface area contributed by atoms with E-state index in [2.05, 4.69) is 59.0 Å². The minimum absolute atomic E-state index is 0.0915. The lowest BCUT2D eigenvalue weighted by atomic mass is 10.1. The van der Waals surface area contributed by atoms with Crippen LogP contribution in [0.1, 0.15) is 64.7 Å². The van der Waals surface area contributed by atoms with Gasteiger partial charge in [-0.2, -0.15) is 0 Å². The van der Waals surface area contributed by atoms with Crippen molar-refractivity contribution in [3.8, 4) is 17.2 Å². The van der Waals surface area contributed by atoms with Crippen molar-refractivity contribution in [1.29, 1.82) is 0 Å². The van der Waals surface area contributed by atoms with Crippen molar-refractivity contribution in [2.24, 2.45) is 0 Å². The van der Waals surface area contributed by atoms with Gasteiger partial charge in [-0.1, -0.05) is 84.0 Å². The number of nitrogens with one attached hydrogen (secondary N) is 1. The van der Waals surface area contributed by atoms with E-state index in [0.717, 1.165) is 29.8 Å². The lowest BCUT2D eigenvalue weighted by Gasteiger charge is -2.50. The van der Waals surface area contributed by atoms with Crippen LogP contribution >= 0.6 is 7.37 Å². The largest absolute Gasteiger partial charge is 0.519 e. The first-order chi connectivity index (χ1) is 22.7. The van der Waals surface area contributed by atoms with Crippen LogP contribution in [0.25, 0.3) is 0 Å². The summed E-state index contributed by atoms with van der Waals surface area (Å²) < 4.78 is 42.6. The fourth-order valence-electron chi connectivity index (χ4n) is 6.00. The second-order valence-corrected chi connectivity index (χ2v) is 21.7. The molecule has 48 heavy (non-hydrogen) atoms. The third kappa shape index (κ3) is 10.9. The second-order valence-electron chi connectivity index (χ2n) is 14.6. The van der Waals surface area contributed by atoms with Gasteiger partial charge in [-0.05, 0) is 60.8 Å². The minimum Gasteiger partial charge on any atom is -0.519 e. The third-order valence-corrected chi connectivity index (χ3v) is 14.9. The van der Waals surface area contributed by atoms with E-state index in [9.17, 15) is 14.6 Å². The molecule has 3 aromatic carbocycles. The molecule has 9 nitrogen and oxygen atoms in total. The number of para-hydroxylation sites is 1. The van der Waals surface area contributed by atoms with E-state index in [4.69, 9.17) is 23.1 Å². The average molecular weight is 700 g/mol. The van der Waals surface area contributed by atoms with E-state index in [-0.39, 0.29) is 29.2 Å². The Kier molecular flexibility index (Phi) is 13.3. The molecule has 0 aliphatic carbocycles. The first-order valence-corrected chi connectivity index (χ1v) is 20.6. The van der Waals surface area contributed by atoms with Crippen molar-refractivity contribution in [3.63, 3.8) is 0 Å². The summed E-state index contributed by atoms with van der Waals surface area (Å²) in [4.78, 5) is 10.1. The number of hydrogen-bond acceptors (Lipinski definition) is 8. The molecule has 3 aromatic rings. The molecule has 0 radical (unpaired) electrons. The summed E-state index contributed by atoms with van der Waals surface area (Å²) in [5.41, 5.74) is 3.19. The molecule has 0 bridgehead atoms. The van der Waals surface area contributed by atoms with Gasteiger partial charge in [0.15, 0.2) is 6.35 Å². The van der Waals surface area contributed by atoms with E-state index in [1.165, 1.54) is 5.56 Å². The molecule has 2 atom stereocenters. The number of benzene rings is 3. The molecule has 0 amide bonds. The van der Waals surface area contributed by atoms with Gasteiger partial charge in [0.1, 0.15) is 30.0 Å². The zero-order chi connectivity index (χ0) is 34.8. The molecule has 1 aliphatic rings. The molecule has 1 aliphatic heterocycles. The minimum atomic E-state index is -3.37. The maximum absolute atomic E-state index is 12.3. The van der Waals surface area contributed by atoms with Crippen LogP contribution in [0.2, 0.25) is 10.1 Å². The maximum atomic E-state index is 12.3. The van der Waals surface area contributed by atoms with Crippen LogP contribution in [0.15, 0.2) is 72.8 Å². The molecular weight excluding hydrogens is 645 g/mol. The van der Waals surface area contributed by atoms with Gasteiger partial charge >= 0.3 is 8.56 Å². The fraction of sp³-hybridized carbons (Fsp3) is 0.514. The van der Waals surface area contributed by atoms with E-state index in [1.54, 1.807) is 12.1 Å². The van der Waals surface area contributed by atoms with Gasteiger partial charge in [0, 0.05) is 35.0 Å². The van der Waals surface area contributed by atoms with Crippen LogP contribution in [0.5, 0.6) is 17.2 Å². The monoisotopic (exact) mass is 699 g/mol. The quantitative estimate of drug-likeness (QED) is 0.0752. The van der Waals surface area contributed by atoms with Gasteiger partial charge in [-0.3, -0.25) is 4.57 Å². The Balaban J connectivity index is 1.09. The molecule has 4 rings (SSSR count).